The maximum absolute atomic E-state index is 12.6. The van der Waals surface area contributed by atoms with Crippen molar-refractivity contribution in [3.8, 4) is 11.4 Å². The largest absolute Gasteiger partial charge is 0.494 e. The third-order valence-corrected chi connectivity index (χ3v) is 5.53. The van der Waals surface area contributed by atoms with Crippen LogP contribution in [0.3, 0.4) is 0 Å². The molecule has 2 N–H and O–H groups in total. The van der Waals surface area contributed by atoms with Gasteiger partial charge in [0.2, 0.25) is 10.0 Å². The van der Waals surface area contributed by atoms with Crippen LogP contribution < -0.4 is 10.5 Å². The van der Waals surface area contributed by atoms with Crippen LogP contribution in [-0.4, -0.2) is 48.7 Å². The zero-order chi connectivity index (χ0) is 15.7. The predicted octanol–water partition coefficient (Wildman–Crippen LogP) is 0.603. The number of sulfonamides is 1. The average Bonchev–Trinajstić information content (AvgIpc) is 3.16. The number of ether oxygens (including phenoxy) is 1. The van der Waals surface area contributed by atoms with Gasteiger partial charge in [0.05, 0.1) is 19.5 Å². The monoisotopic (exact) mass is 322 g/mol. The molecule has 7 nitrogen and oxygen atoms in total. The number of hydrogen-bond donors (Lipinski definition) is 1. The highest BCUT2D eigenvalue weighted by Gasteiger charge is 2.32. The summed E-state index contributed by atoms with van der Waals surface area (Å²) in [6.07, 6.45) is 3.53. The fourth-order valence-corrected chi connectivity index (χ4v) is 3.96. The van der Waals surface area contributed by atoms with Gasteiger partial charge >= 0.3 is 0 Å². The van der Waals surface area contributed by atoms with Gasteiger partial charge in [-0.3, -0.25) is 0 Å². The lowest BCUT2D eigenvalue weighted by Crippen LogP contribution is -2.31. The Morgan fingerprint density at radius 2 is 2.14 bits per heavy atom. The lowest BCUT2D eigenvalue weighted by atomic mass is 10.3. The summed E-state index contributed by atoms with van der Waals surface area (Å²) in [7, 11) is -1.99. The summed E-state index contributed by atoms with van der Waals surface area (Å²) in [6, 6.07) is 7.19. The maximum atomic E-state index is 12.6. The van der Waals surface area contributed by atoms with Crippen LogP contribution >= 0.6 is 0 Å². The van der Waals surface area contributed by atoms with E-state index in [1.807, 2.05) is 18.2 Å². The number of rotatable bonds is 4. The molecule has 0 amide bonds. The van der Waals surface area contributed by atoms with Crippen molar-refractivity contribution < 1.29 is 13.2 Å². The van der Waals surface area contributed by atoms with Crippen molar-refractivity contribution in [2.45, 2.75) is 17.4 Å². The fraction of sp³-hybridized carbons (Fsp3) is 0.357. The Morgan fingerprint density at radius 3 is 2.82 bits per heavy atom. The number of hydrogen-bond acceptors (Lipinski definition) is 5. The molecule has 0 radical (unpaired) electrons. The molecule has 0 spiro atoms. The number of benzene rings is 1. The molecule has 2 aromatic rings. The molecule has 1 saturated heterocycles. The van der Waals surface area contributed by atoms with Gasteiger partial charge in [-0.25, -0.2) is 13.1 Å². The molecule has 1 fully saturated rings. The zero-order valence-electron chi connectivity index (χ0n) is 12.2. The van der Waals surface area contributed by atoms with Crippen LogP contribution in [0.1, 0.15) is 6.42 Å². The van der Waals surface area contributed by atoms with E-state index in [-0.39, 0.29) is 10.9 Å². The summed E-state index contributed by atoms with van der Waals surface area (Å²) < 4.78 is 33.3. The van der Waals surface area contributed by atoms with E-state index in [1.165, 1.54) is 21.4 Å². The van der Waals surface area contributed by atoms with Crippen molar-refractivity contribution in [2.24, 2.45) is 5.73 Å². The molecule has 1 aromatic heterocycles. The van der Waals surface area contributed by atoms with E-state index < -0.39 is 10.0 Å². The Balaban J connectivity index is 1.94. The van der Waals surface area contributed by atoms with E-state index >= 15 is 0 Å². The first kappa shape index (κ1) is 15.0. The highest BCUT2D eigenvalue weighted by Crippen LogP contribution is 2.24. The topological polar surface area (TPSA) is 90.5 Å². The molecule has 1 aliphatic heterocycles. The first-order valence-electron chi connectivity index (χ1n) is 6.96. The summed E-state index contributed by atoms with van der Waals surface area (Å²) >= 11 is 0. The van der Waals surface area contributed by atoms with E-state index in [9.17, 15) is 8.42 Å². The summed E-state index contributed by atoms with van der Waals surface area (Å²) in [6.45, 7) is 0.797. The van der Waals surface area contributed by atoms with Gasteiger partial charge in [-0.1, -0.05) is 12.1 Å². The zero-order valence-corrected chi connectivity index (χ0v) is 13.0. The molecule has 22 heavy (non-hydrogen) atoms. The second kappa shape index (κ2) is 5.71. The van der Waals surface area contributed by atoms with Crippen LogP contribution in [0.4, 0.5) is 0 Å². The normalized spacial score (nSPS) is 19.5. The third-order valence-electron chi connectivity index (χ3n) is 3.72. The van der Waals surface area contributed by atoms with Gasteiger partial charge in [0.25, 0.3) is 0 Å². The lowest BCUT2D eigenvalue weighted by molar-refractivity contribution is 0.411. The van der Waals surface area contributed by atoms with E-state index in [0.717, 1.165) is 0 Å². The quantitative estimate of drug-likeness (QED) is 0.890. The molecule has 2 heterocycles. The molecule has 1 aromatic carbocycles. The Hall–Kier alpha value is -1.90. The summed E-state index contributed by atoms with van der Waals surface area (Å²) in [4.78, 5) is 0.160. The SMILES string of the molecule is COc1ccccc1-n1cc(S(=O)(=O)N2CC[C@@H](N)C2)cn1. The number of aromatic nitrogens is 2. The molecule has 0 saturated carbocycles. The summed E-state index contributed by atoms with van der Waals surface area (Å²) in [5.41, 5.74) is 6.48. The fourth-order valence-electron chi connectivity index (χ4n) is 2.51. The maximum Gasteiger partial charge on any atom is 0.246 e. The second-order valence-electron chi connectivity index (χ2n) is 5.20. The van der Waals surface area contributed by atoms with Gasteiger partial charge in [0, 0.05) is 19.1 Å². The van der Waals surface area contributed by atoms with E-state index in [1.54, 1.807) is 13.2 Å². The van der Waals surface area contributed by atoms with E-state index in [2.05, 4.69) is 5.10 Å². The van der Waals surface area contributed by atoms with Crippen molar-refractivity contribution in [1.29, 1.82) is 0 Å². The second-order valence-corrected chi connectivity index (χ2v) is 7.14. The number of nitrogens with zero attached hydrogens (tertiary/aromatic N) is 3. The minimum absolute atomic E-state index is 0.0981. The Kier molecular flexibility index (Phi) is 3.90. The number of para-hydroxylation sites is 2. The van der Waals surface area contributed by atoms with E-state index in [4.69, 9.17) is 10.5 Å². The van der Waals surface area contributed by atoms with Crippen molar-refractivity contribution in [3.63, 3.8) is 0 Å². The first-order valence-corrected chi connectivity index (χ1v) is 8.40. The minimum atomic E-state index is -3.55. The molecule has 1 atom stereocenters. The van der Waals surface area contributed by atoms with Crippen LogP contribution in [0.25, 0.3) is 5.69 Å². The van der Waals surface area contributed by atoms with Gasteiger partial charge in [-0.2, -0.15) is 9.40 Å². The summed E-state index contributed by atoms with van der Waals surface area (Å²) in [5, 5.41) is 4.15. The van der Waals surface area contributed by atoms with Gasteiger partial charge < -0.3 is 10.5 Å². The molecule has 118 valence electrons. The number of methoxy groups -OCH3 is 1. The minimum Gasteiger partial charge on any atom is -0.494 e. The van der Waals surface area contributed by atoms with Gasteiger partial charge in [-0.15, -0.1) is 0 Å². The highest BCUT2D eigenvalue weighted by molar-refractivity contribution is 7.89. The molecule has 0 aliphatic carbocycles. The van der Waals surface area contributed by atoms with Crippen molar-refractivity contribution >= 4 is 10.0 Å². The van der Waals surface area contributed by atoms with Gasteiger partial charge in [0.1, 0.15) is 16.3 Å². The van der Waals surface area contributed by atoms with Gasteiger partial charge in [-0.05, 0) is 18.6 Å². The molecule has 3 rings (SSSR count). The average molecular weight is 322 g/mol. The lowest BCUT2D eigenvalue weighted by Gasteiger charge is -2.14. The Morgan fingerprint density at radius 1 is 1.36 bits per heavy atom. The Bertz CT molecular complexity index is 772. The first-order chi connectivity index (χ1) is 10.5. The van der Waals surface area contributed by atoms with E-state index in [0.29, 0.717) is 30.9 Å². The standard InChI is InChI=1S/C14H18N4O3S/c1-21-14-5-3-2-4-13(14)18-10-12(8-16-18)22(19,20)17-7-6-11(15)9-17/h2-5,8,10-11H,6-7,9,15H2,1H3/t11-/m1/s1. The van der Waals surface area contributed by atoms with Crippen LogP contribution in [-0.2, 0) is 10.0 Å². The number of nitrogens with two attached hydrogens (primary N) is 1. The molecule has 0 bridgehead atoms. The third kappa shape index (κ3) is 2.60. The van der Waals surface area contributed by atoms with Crippen molar-refractivity contribution in [3.05, 3.63) is 36.7 Å². The predicted molar refractivity (Wildman–Crippen MR) is 81.5 cm³/mol. The molecular formula is C14H18N4O3S. The van der Waals surface area contributed by atoms with Crippen LogP contribution in [0.2, 0.25) is 0 Å². The molecule has 8 heteroatoms. The van der Waals surface area contributed by atoms with Crippen LogP contribution in [0.5, 0.6) is 5.75 Å². The highest BCUT2D eigenvalue weighted by atomic mass is 32.2. The van der Waals surface area contributed by atoms with Crippen LogP contribution in [0, 0.1) is 0 Å². The van der Waals surface area contributed by atoms with Crippen molar-refractivity contribution in [2.75, 3.05) is 20.2 Å². The Labute approximate surface area is 129 Å². The molecule has 1 aliphatic rings. The van der Waals surface area contributed by atoms with Gasteiger partial charge in [0.15, 0.2) is 0 Å². The van der Waals surface area contributed by atoms with Crippen molar-refractivity contribution in [1.82, 2.24) is 14.1 Å². The molecule has 0 unspecified atom stereocenters. The smallest absolute Gasteiger partial charge is 0.246 e. The summed E-state index contributed by atoms with van der Waals surface area (Å²) in [5.74, 6) is 0.623. The molecular weight excluding hydrogens is 304 g/mol. The van der Waals surface area contributed by atoms with Crippen LogP contribution in [0.15, 0.2) is 41.6 Å².